The second kappa shape index (κ2) is 7.20. The van der Waals surface area contributed by atoms with Crippen LogP contribution in [0.2, 0.25) is 0 Å². The number of nitrogens with one attached hydrogen (secondary N) is 1. The summed E-state index contributed by atoms with van der Waals surface area (Å²) >= 11 is 0. The number of benzene rings is 2. The van der Waals surface area contributed by atoms with E-state index in [2.05, 4.69) is 31.3 Å². The molecule has 0 amide bonds. The van der Waals surface area contributed by atoms with Crippen LogP contribution in [0, 0.1) is 11.7 Å². The summed E-state index contributed by atoms with van der Waals surface area (Å²) in [6.45, 7) is 4.97. The lowest BCUT2D eigenvalue weighted by Gasteiger charge is -2.21. The van der Waals surface area contributed by atoms with Gasteiger partial charge in [-0.1, -0.05) is 62.4 Å². The quantitative estimate of drug-likeness (QED) is 0.802. The topological polar surface area (TPSA) is 12.0 Å². The predicted molar refractivity (Wildman–Crippen MR) is 81.9 cm³/mol. The smallest absolute Gasteiger partial charge is 0.127 e. The molecule has 0 saturated carbocycles. The van der Waals surface area contributed by atoms with E-state index in [4.69, 9.17) is 0 Å². The van der Waals surface area contributed by atoms with Crippen molar-refractivity contribution in [3.63, 3.8) is 0 Å². The minimum absolute atomic E-state index is 0.142. The fourth-order valence-corrected chi connectivity index (χ4v) is 2.37. The zero-order valence-electron chi connectivity index (χ0n) is 12.1. The Morgan fingerprint density at radius 3 is 2.25 bits per heavy atom. The van der Waals surface area contributed by atoms with E-state index in [-0.39, 0.29) is 11.9 Å². The molecule has 0 aliphatic rings. The summed E-state index contributed by atoms with van der Waals surface area (Å²) in [7, 11) is 0. The maximum Gasteiger partial charge on any atom is 0.127 e. The van der Waals surface area contributed by atoms with Gasteiger partial charge in [0.25, 0.3) is 0 Å². The Morgan fingerprint density at radius 2 is 1.60 bits per heavy atom. The Morgan fingerprint density at radius 1 is 0.950 bits per heavy atom. The average Bonchev–Trinajstić information content (AvgIpc) is 2.45. The second-order valence-corrected chi connectivity index (χ2v) is 5.57. The van der Waals surface area contributed by atoms with Gasteiger partial charge in [-0.05, 0) is 24.0 Å². The summed E-state index contributed by atoms with van der Waals surface area (Å²) in [5.41, 5.74) is 1.98. The van der Waals surface area contributed by atoms with Gasteiger partial charge in [0.2, 0.25) is 0 Å². The first-order valence-corrected chi connectivity index (χ1v) is 7.18. The van der Waals surface area contributed by atoms with Crippen LogP contribution < -0.4 is 5.32 Å². The zero-order valence-corrected chi connectivity index (χ0v) is 12.1. The van der Waals surface area contributed by atoms with Crippen molar-refractivity contribution in [2.24, 2.45) is 5.92 Å². The van der Waals surface area contributed by atoms with Gasteiger partial charge in [0.1, 0.15) is 5.82 Å². The van der Waals surface area contributed by atoms with Crippen LogP contribution in [0.1, 0.15) is 37.4 Å². The van der Waals surface area contributed by atoms with E-state index in [9.17, 15) is 4.39 Å². The number of hydrogen-bond acceptors (Lipinski definition) is 1. The molecule has 2 aromatic rings. The van der Waals surface area contributed by atoms with Crippen molar-refractivity contribution in [3.8, 4) is 0 Å². The average molecular weight is 271 g/mol. The molecule has 0 spiro atoms. The molecule has 0 aliphatic carbocycles. The zero-order chi connectivity index (χ0) is 14.4. The third-order valence-electron chi connectivity index (χ3n) is 3.41. The lowest BCUT2D eigenvalue weighted by atomic mass is 9.97. The fraction of sp³-hybridized carbons (Fsp3) is 0.333. The number of rotatable bonds is 6. The van der Waals surface area contributed by atoms with Gasteiger partial charge >= 0.3 is 0 Å². The summed E-state index contributed by atoms with van der Waals surface area (Å²) in [5.74, 6) is 0.449. The summed E-state index contributed by atoms with van der Waals surface area (Å²) in [4.78, 5) is 0. The molecule has 0 radical (unpaired) electrons. The molecule has 106 valence electrons. The normalized spacial score (nSPS) is 12.6. The van der Waals surface area contributed by atoms with Crippen molar-refractivity contribution >= 4 is 0 Å². The molecule has 0 fully saturated rings. The van der Waals surface area contributed by atoms with Gasteiger partial charge in [-0.15, -0.1) is 0 Å². The molecule has 1 N–H and O–H groups in total. The summed E-state index contributed by atoms with van der Waals surface area (Å²) in [5, 5.41) is 3.48. The van der Waals surface area contributed by atoms with Gasteiger partial charge in [-0.3, -0.25) is 0 Å². The van der Waals surface area contributed by atoms with Crippen LogP contribution >= 0.6 is 0 Å². The summed E-state index contributed by atoms with van der Waals surface area (Å²) in [6, 6.07) is 17.6. The molecular formula is C18H22FN. The van der Waals surface area contributed by atoms with Gasteiger partial charge in [-0.2, -0.15) is 0 Å². The Kier molecular flexibility index (Phi) is 5.31. The minimum atomic E-state index is -0.142. The van der Waals surface area contributed by atoms with E-state index in [0.29, 0.717) is 12.5 Å². The molecule has 2 rings (SSSR count). The Balaban J connectivity index is 2.07. The SMILES string of the molecule is CC(C)CC(NCc1ccccc1F)c1ccccc1. The highest BCUT2D eigenvalue weighted by Crippen LogP contribution is 2.21. The maximum absolute atomic E-state index is 13.7. The highest BCUT2D eigenvalue weighted by Gasteiger charge is 2.13. The first-order valence-electron chi connectivity index (χ1n) is 7.18. The predicted octanol–water partition coefficient (Wildman–Crippen LogP) is 4.70. The van der Waals surface area contributed by atoms with Crippen LogP contribution in [0.25, 0.3) is 0 Å². The van der Waals surface area contributed by atoms with Crippen LogP contribution in [0.5, 0.6) is 0 Å². The molecule has 0 saturated heterocycles. The monoisotopic (exact) mass is 271 g/mol. The Labute approximate surface area is 120 Å². The fourth-order valence-electron chi connectivity index (χ4n) is 2.37. The molecule has 2 aromatic carbocycles. The minimum Gasteiger partial charge on any atom is -0.306 e. The third-order valence-corrected chi connectivity index (χ3v) is 3.41. The lowest BCUT2D eigenvalue weighted by Crippen LogP contribution is -2.23. The van der Waals surface area contributed by atoms with Crippen molar-refractivity contribution in [1.29, 1.82) is 0 Å². The maximum atomic E-state index is 13.7. The summed E-state index contributed by atoms with van der Waals surface area (Å²) < 4.78 is 13.7. The molecular weight excluding hydrogens is 249 g/mol. The lowest BCUT2D eigenvalue weighted by molar-refractivity contribution is 0.424. The van der Waals surface area contributed by atoms with Crippen LogP contribution in [0.3, 0.4) is 0 Å². The van der Waals surface area contributed by atoms with E-state index in [0.717, 1.165) is 12.0 Å². The molecule has 0 aromatic heterocycles. The van der Waals surface area contributed by atoms with Gasteiger partial charge < -0.3 is 5.32 Å². The molecule has 0 aliphatic heterocycles. The molecule has 2 heteroatoms. The van der Waals surface area contributed by atoms with Gasteiger partial charge in [0.15, 0.2) is 0 Å². The van der Waals surface area contributed by atoms with Gasteiger partial charge in [-0.25, -0.2) is 4.39 Å². The van der Waals surface area contributed by atoms with Crippen molar-refractivity contribution in [1.82, 2.24) is 5.32 Å². The van der Waals surface area contributed by atoms with Gasteiger partial charge in [0.05, 0.1) is 0 Å². The van der Waals surface area contributed by atoms with Crippen molar-refractivity contribution < 1.29 is 4.39 Å². The van der Waals surface area contributed by atoms with Crippen molar-refractivity contribution in [2.45, 2.75) is 32.9 Å². The van der Waals surface area contributed by atoms with Crippen LogP contribution in [-0.4, -0.2) is 0 Å². The van der Waals surface area contributed by atoms with Gasteiger partial charge in [0, 0.05) is 18.2 Å². The first-order chi connectivity index (χ1) is 9.66. The second-order valence-electron chi connectivity index (χ2n) is 5.57. The number of hydrogen-bond donors (Lipinski definition) is 1. The van der Waals surface area contributed by atoms with E-state index < -0.39 is 0 Å². The molecule has 1 nitrogen and oxygen atoms in total. The standard InChI is InChI=1S/C18H22FN/c1-14(2)12-18(15-8-4-3-5-9-15)20-13-16-10-6-7-11-17(16)19/h3-11,14,18,20H,12-13H2,1-2H3. The molecule has 0 heterocycles. The third kappa shape index (κ3) is 4.17. The highest BCUT2D eigenvalue weighted by atomic mass is 19.1. The Hall–Kier alpha value is -1.67. The largest absolute Gasteiger partial charge is 0.306 e. The molecule has 0 bridgehead atoms. The van der Waals surface area contributed by atoms with E-state index >= 15 is 0 Å². The van der Waals surface area contributed by atoms with Crippen LogP contribution in [0.4, 0.5) is 4.39 Å². The van der Waals surface area contributed by atoms with Crippen LogP contribution in [-0.2, 0) is 6.54 Å². The van der Waals surface area contributed by atoms with E-state index in [1.165, 1.54) is 11.6 Å². The molecule has 20 heavy (non-hydrogen) atoms. The van der Waals surface area contributed by atoms with Crippen molar-refractivity contribution in [2.75, 3.05) is 0 Å². The molecule has 1 unspecified atom stereocenters. The van der Waals surface area contributed by atoms with E-state index in [1.54, 1.807) is 6.07 Å². The van der Waals surface area contributed by atoms with Crippen molar-refractivity contribution in [3.05, 3.63) is 71.5 Å². The number of halogens is 1. The van der Waals surface area contributed by atoms with Crippen LogP contribution in [0.15, 0.2) is 54.6 Å². The Bertz CT molecular complexity index is 522. The summed E-state index contributed by atoms with van der Waals surface area (Å²) in [6.07, 6.45) is 1.04. The molecule has 1 atom stereocenters. The van der Waals surface area contributed by atoms with E-state index in [1.807, 2.05) is 30.3 Å². The highest BCUT2D eigenvalue weighted by molar-refractivity contribution is 5.21. The first kappa shape index (κ1) is 14.7.